The molecule has 2 aliphatic rings. The fourth-order valence-corrected chi connectivity index (χ4v) is 9.78. The van der Waals surface area contributed by atoms with E-state index in [-0.39, 0.29) is 0 Å². The third kappa shape index (κ3) is 4.44. The molecule has 266 valence electrons. The van der Waals surface area contributed by atoms with Gasteiger partial charge in [-0.15, -0.1) is 0 Å². The summed E-state index contributed by atoms with van der Waals surface area (Å²) in [6.45, 7) is 0. The Balaban J connectivity index is 1.19. The summed E-state index contributed by atoms with van der Waals surface area (Å²) in [4.78, 5) is 12.9. The maximum absolute atomic E-state index is 5.34. The Morgan fingerprint density at radius 2 is 1.00 bits per heavy atom. The standard InChI is InChI=1S/C53H34N4/c1-4-18-35(19-5-1)44-34-49(55-52(54-44)36-20-6-2-7-21-36)57-45-29-15-11-25-39(45)51-48(57)33-32-43-50(51)38-24-10-12-26-40(38)53(43)41-27-13-16-30-46(41)56(37-22-8-3-9-23-37)47-31-17-14-28-42(47)53/h1-34H. The molecule has 0 radical (unpaired) electrons. The molecule has 4 nitrogen and oxygen atoms in total. The molecule has 0 unspecified atom stereocenters. The van der Waals surface area contributed by atoms with Crippen LogP contribution in [0.2, 0.25) is 0 Å². The molecular formula is C53H34N4. The molecule has 0 fully saturated rings. The number of para-hydroxylation sites is 4. The van der Waals surface area contributed by atoms with Gasteiger partial charge in [0.2, 0.25) is 0 Å². The number of hydrogen-bond acceptors (Lipinski definition) is 3. The summed E-state index contributed by atoms with van der Waals surface area (Å²) in [5.74, 6) is 1.53. The summed E-state index contributed by atoms with van der Waals surface area (Å²) < 4.78 is 2.35. The second-order valence-electron chi connectivity index (χ2n) is 14.9. The Morgan fingerprint density at radius 1 is 0.421 bits per heavy atom. The lowest BCUT2D eigenvalue weighted by Gasteiger charge is -2.45. The second-order valence-corrected chi connectivity index (χ2v) is 14.9. The van der Waals surface area contributed by atoms with Crippen molar-refractivity contribution in [3.8, 4) is 39.6 Å². The van der Waals surface area contributed by atoms with Gasteiger partial charge in [-0.1, -0.05) is 164 Å². The van der Waals surface area contributed by atoms with Gasteiger partial charge in [-0.25, -0.2) is 9.97 Å². The fraction of sp³-hybridized carbons (Fsp3) is 0.0189. The Hall–Kier alpha value is -7.56. The molecule has 0 bridgehead atoms. The number of aromatic nitrogens is 3. The average Bonchev–Trinajstić information content (AvgIpc) is 3.78. The molecule has 3 heterocycles. The van der Waals surface area contributed by atoms with Crippen LogP contribution in [0.25, 0.3) is 61.4 Å². The minimum atomic E-state index is -0.544. The van der Waals surface area contributed by atoms with Crippen molar-refractivity contribution in [2.24, 2.45) is 0 Å². The zero-order valence-electron chi connectivity index (χ0n) is 30.9. The highest BCUT2D eigenvalue weighted by Crippen LogP contribution is 2.64. The Bertz CT molecular complexity index is 3080. The largest absolute Gasteiger partial charge is 0.310 e. The smallest absolute Gasteiger partial charge is 0.162 e. The predicted octanol–water partition coefficient (Wildman–Crippen LogP) is 13.1. The lowest BCUT2D eigenvalue weighted by Crippen LogP contribution is -2.36. The van der Waals surface area contributed by atoms with Gasteiger partial charge in [0, 0.05) is 33.7 Å². The van der Waals surface area contributed by atoms with E-state index in [2.05, 4.69) is 191 Å². The average molecular weight is 727 g/mol. The molecule has 2 aromatic heterocycles. The maximum Gasteiger partial charge on any atom is 0.162 e. The number of fused-ring (bicyclic) bond motifs is 13. The lowest BCUT2D eigenvalue weighted by molar-refractivity contribution is 0.753. The molecule has 12 rings (SSSR count). The van der Waals surface area contributed by atoms with Crippen molar-refractivity contribution >= 4 is 38.9 Å². The van der Waals surface area contributed by atoms with Gasteiger partial charge in [-0.3, -0.25) is 4.57 Å². The molecule has 1 aliphatic heterocycles. The Kier molecular flexibility index (Phi) is 6.81. The van der Waals surface area contributed by atoms with Gasteiger partial charge in [0.1, 0.15) is 5.82 Å². The number of rotatable bonds is 4. The molecule has 0 atom stereocenters. The van der Waals surface area contributed by atoms with Crippen LogP contribution in [0.15, 0.2) is 206 Å². The first kappa shape index (κ1) is 31.8. The van der Waals surface area contributed by atoms with E-state index in [0.717, 1.165) is 39.4 Å². The quantitative estimate of drug-likeness (QED) is 0.181. The van der Waals surface area contributed by atoms with Crippen LogP contribution in [0.4, 0.5) is 17.1 Å². The minimum Gasteiger partial charge on any atom is -0.310 e. The molecule has 0 saturated heterocycles. The molecule has 0 saturated carbocycles. The first-order valence-electron chi connectivity index (χ1n) is 19.5. The summed E-state index contributed by atoms with van der Waals surface area (Å²) in [7, 11) is 0. The topological polar surface area (TPSA) is 34.0 Å². The van der Waals surface area contributed by atoms with Crippen molar-refractivity contribution in [3.63, 3.8) is 0 Å². The van der Waals surface area contributed by atoms with Crippen molar-refractivity contribution < 1.29 is 0 Å². The summed E-state index contributed by atoms with van der Waals surface area (Å²) in [5.41, 5.74) is 15.8. The van der Waals surface area contributed by atoms with E-state index in [9.17, 15) is 0 Å². The van der Waals surface area contributed by atoms with Gasteiger partial charge in [0.05, 0.1) is 33.5 Å². The third-order valence-electron chi connectivity index (χ3n) is 12.0. The lowest BCUT2D eigenvalue weighted by atomic mass is 9.64. The van der Waals surface area contributed by atoms with Gasteiger partial charge in [-0.2, -0.15) is 0 Å². The van der Waals surface area contributed by atoms with E-state index in [0.29, 0.717) is 5.82 Å². The number of hydrogen-bond donors (Lipinski definition) is 0. The van der Waals surface area contributed by atoms with E-state index in [1.54, 1.807) is 0 Å². The highest BCUT2D eigenvalue weighted by Gasteiger charge is 2.52. The van der Waals surface area contributed by atoms with Gasteiger partial charge < -0.3 is 4.90 Å². The molecule has 0 N–H and O–H groups in total. The van der Waals surface area contributed by atoms with E-state index >= 15 is 0 Å². The summed E-state index contributed by atoms with van der Waals surface area (Å²) in [5, 5.41) is 2.43. The molecule has 4 heteroatoms. The van der Waals surface area contributed by atoms with E-state index < -0.39 is 5.41 Å². The highest BCUT2D eigenvalue weighted by molar-refractivity contribution is 6.18. The summed E-state index contributed by atoms with van der Waals surface area (Å²) in [6, 6.07) is 74.2. The number of benzene rings is 8. The van der Waals surface area contributed by atoms with Gasteiger partial charge >= 0.3 is 0 Å². The van der Waals surface area contributed by atoms with Crippen LogP contribution >= 0.6 is 0 Å². The summed E-state index contributed by atoms with van der Waals surface area (Å²) in [6.07, 6.45) is 0. The van der Waals surface area contributed by atoms with Crippen LogP contribution in [0.3, 0.4) is 0 Å². The van der Waals surface area contributed by atoms with Crippen LogP contribution in [0.5, 0.6) is 0 Å². The molecule has 57 heavy (non-hydrogen) atoms. The van der Waals surface area contributed by atoms with Crippen LogP contribution in [0.1, 0.15) is 22.3 Å². The molecule has 1 aliphatic carbocycles. The summed E-state index contributed by atoms with van der Waals surface area (Å²) >= 11 is 0. The van der Waals surface area contributed by atoms with Crippen LogP contribution in [-0.4, -0.2) is 14.5 Å². The van der Waals surface area contributed by atoms with Crippen molar-refractivity contribution in [1.82, 2.24) is 14.5 Å². The Morgan fingerprint density at radius 3 is 1.72 bits per heavy atom. The number of anilines is 3. The Labute approximate surface area is 330 Å². The normalized spacial score (nSPS) is 13.4. The molecule has 0 amide bonds. The minimum absolute atomic E-state index is 0.544. The number of nitrogens with zero attached hydrogens (tertiary/aromatic N) is 4. The van der Waals surface area contributed by atoms with Crippen molar-refractivity contribution in [1.29, 1.82) is 0 Å². The van der Waals surface area contributed by atoms with Crippen LogP contribution in [-0.2, 0) is 5.41 Å². The zero-order valence-corrected chi connectivity index (χ0v) is 30.9. The van der Waals surface area contributed by atoms with E-state index in [4.69, 9.17) is 9.97 Å². The van der Waals surface area contributed by atoms with Crippen molar-refractivity contribution in [2.75, 3.05) is 4.90 Å². The predicted molar refractivity (Wildman–Crippen MR) is 233 cm³/mol. The first-order valence-corrected chi connectivity index (χ1v) is 19.5. The second kappa shape index (κ2) is 12.2. The third-order valence-corrected chi connectivity index (χ3v) is 12.0. The monoisotopic (exact) mass is 726 g/mol. The molecule has 8 aromatic carbocycles. The first-order chi connectivity index (χ1) is 28.3. The molecular weight excluding hydrogens is 693 g/mol. The van der Waals surface area contributed by atoms with E-state index in [1.807, 2.05) is 24.3 Å². The van der Waals surface area contributed by atoms with Crippen molar-refractivity contribution in [3.05, 3.63) is 229 Å². The van der Waals surface area contributed by atoms with Crippen LogP contribution in [0, 0.1) is 0 Å². The highest BCUT2D eigenvalue weighted by atomic mass is 15.2. The zero-order chi connectivity index (χ0) is 37.5. The van der Waals surface area contributed by atoms with Gasteiger partial charge in [0.15, 0.2) is 5.82 Å². The van der Waals surface area contributed by atoms with Crippen LogP contribution < -0.4 is 4.90 Å². The SMILES string of the molecule is c1ccc(-c2cc(-n3c4ccccc4c4c5c(ccc43)C3(c4ccccc4-5)c4ccccc4N(c4ccccc4)c4ccccc43)nc(-c3ccccc3)n2)cc1. The molecule has 1 spiro atoms. The maximum atomic E-state index is 5.34. The van der Waals surface area contributed by atoms with Gasteiger partial charge in [-0.05, 0) is 69.8 Å². The van der Waals surface area contributed by atoms with E-state index in [1.165, 1.54) is 55.5 Å². The fourth-order valence-electron chi connectivity index (χ4n) is 9.78. The van der Waals surface area contributed by atoms with Crippen molar-refractivity contribution in [2.45, 2.75) is 5.41 Å². The molecule has 10 aromatic rings. The van der Waals surface area contributed by atoms with Gasteiger partial charge in [0.25, 0.3) is 0 Å².